The van der Waals surface area contributed by atoms with Gasteiger partial charge in [0.2, 0.25) is 5.91 Å². The topological polar surface area (TPSA) is 41.6 Å². The first-order valence-electron chi connectivity index (χ1n) is 8.93. The minimum absolute atomic E-state index is 0.120. The largest absolute Gasteiger partial charge is 0.378 e. The van der Waals surface area contributed by atoms with Crippen molar-refractivity contribution in [3.63, 3.8) is 0 Å². The lowest BCUT2D eigenvalue weighted by Crippen LogP contribution is -2.56. The third-order valence-corrected chi connectivity index (χ3v) is 5.15. The number of nitrogens with one attached hydrogen (secondary N) is 1. The number of carbonyl (C=O) groups is 1. The van der Waals surface area contributed by atoms with E-state index in [1.165, 1.54) is 6.07 Å². The van der Waals surface area contributed by atoms with Crippen molar-refractivity contribution in [3.8, 4) is 0 Å². The van der Waals surface area contributed by atoms with Gasteiger partial charge in [0.25, 0.3) is 0 Å². The molecule has 1 heterocycles. The Labute approximate surface area is 143 Å². The molecule has 1 aromatic rings. The van der Waals surface area contributed by atoms with Crippen LogP contribution in [0.3, 0.4) is 0 Å². The van der Waals surface area contributed by atoms with E-state index in [9.17, 15) is 9.18 Å². The number of benzene rings is 1. The Kier molecular flexibility index (Phi) is 5.51. The van der Waals surface area contributed by atoms with E-state index in [4.69, 9.17) is 4.74 Å². The molecule has 1 N–H and O–H groups in total. The molecule has 1 amide bonds. The molecule has 132 valence electrons. The van der Waals surface area contributed by atoms with Gasteiger partial charge in [-0.25, -0.2) is 4.39 Å². The van der Waals surface area contributed by atoms with Crippen LogP contribution in [0.4, 0.5) is 4.39 Å². The summed E-state index contributed by atoms with van der Waals surface area (Å²) in [5.74, 6) is 0.538. The summed E-state index contributed by atoms with van der Waals surface area (Å²) in [6.07, 6.45) is 1.78. The molecule has 1 aromatic carbocycles. The van der Waals surface area contributed by atoms with Crippen LogP contribution in [-0.2, 0) is 9.53 Å². The maximum absolute atomic E-state index is 13.9. The number of nitrogens with zero attached hydrogens (tertiary/aromatic N) is 1. The van der Waals surface area contributed by atoms with E-state index in [2.05, 4.69) is 19.2 Å². The summed E-state index contributed by atoms with van der Waals surface area (Å²) in [4.78, 5) is 14.7. The van der Waals surface area contributed by atoms with Crippen molar-refractivity contribution in [2.45, 2.75) is 44.7 Å². The molecular formula is C19H27FN2O2. The highest BCUT2D eigenvalue weighted by Gasteiger charge is 2.36. The number of rotatable bonds is 5. The molecule has 0 unspecified atom stereocenters. The second kappa shape index (κ2) is 7.62. The molecule has 1 saturated carbocycles. The van der Waals surface area contributed by atoms with Gasteiger partial charge in [-0.1, -0.05) is 32.0 Å². The van der Waals surface area contributed by atoms with Crippen LogP contribution >= 0.6 is 0 Å². The van der Waals surface area contributed by atoms with Crippen LogP contribution in [0.25, 0.3) is 0 Å². The van der Waals surface area contributed by atoms with Crippen LogP contribution in [0.5, 0.6) is 0 Å². The minimum Gasteiger partial charge on any atom is -0.378 e. The van der Waals surface area contributed by atoms with Gasteiger partial charge >= 0.3 is 0 Å². The van der Waals surface area contributed by atoms with Gasteiger partial charge in [0, 0.05) is 19.1 Å². The predicted molar refractivity (Wildman–Crippen MR) is 91.3 cm³/mol. The molecule has 24 heavy (non-hydrogen) atoms. The van der Waals surface area contributed by atoms with Gasteiger partial charge in [0.15, 0.2) is 0 Å². The number of carbonyl (C=O) groups excluding carboxylic acids is 1. The van der Waals surface area contributed by atoms with E-state index >= 15 is 0 Å². The van der Waals surface area contributed by atoms with Gasteiger partial charge in [-0.15, -0.1) is 0 Å². The van der Waals surface area contributed by atoms with E-state index in [0.29, 0.717) is 26.3 Å². The number of ether oxygens (including phenoxy) is 1. The summed E-state index contributed by atoms with van der Waals surface area (Å²) < 4.78 is 19.2. The monoisotopic (exact) mass is 334 g/mol. The summed E-state index contributed by atoms with van der Waals surface area (Å²) in [6, 6.07) is 7.12. The molecule has 1 aliphatic heterocycles. The van der Waals surface area contributed by atoms with Crippen molar-refractivity contribution in [2.75, 3.05) is 26.3 Å². The zero-order chi connectivity index (χ0) is 17.1. The molecule has 0 aromatic heterocycles. The third-order valence-electron chi connectivity index (χ3n) is 5.15. The normalized spacial score (nSPS) is 25.4. The van der Waals surface area contributed by atoms with Crippen molar-refractivity contribution in [1.29, 1.82) is 0 Å². The highest BCUT2D eigenvalue weighted by molar-refractivity contribution is 5.82. The van der Waals surface area contributed by atoms with Crippen LogP contribution in [0.1, 0.15) is 38.2 Å². The van der Waals surface area contributed by atoms with Crippen LogP contribution in [0.2, 0.25) is 0 Å². The second-order valence-electron chi connectivity index (χ2n) is 7.21. The van der Waals surface area contributed by atoms with Crippen molar-refractivity contribution in [3.05, 3.63) is 35.6 Å². The Balaban J connectivity index is 1.56. The van der Waals surface area contributed by atoms with Crippen LogP contribution < -0.4 is 5.32 Å². The van der Waals surface area contributed by atoms with Gasteiger partial charge in [-0.2, -0.15) is 0 Å². The molecule has 2 aliphatic rings. The summed E-state index contributed by atoms with van der Waals surface area (Å²) >= 11 is 0. The van der Waals surface area contributed by atoms with E-state index in [-0.39, 0.29) is 35.6 Å². The standard InChI is InChI=1S/C19H27FN2O2/c1-13(2)18(19(23)22-7-9-24-10-8-22)21-15-11-14(12-15)16-5-3-4-6-17(16)20/h3-6,13-15,18,21H,7-12H2,1-2H3/t14?,15?,18-/m0/s1. The first-order chi connectivity index (χ1) is 11.6. The van der Waals surface area contributed by atoms with Gasteiger partial charge in [0.1, 0.15) is 5.82 Å². The molecule has 0 spiro atoms. The zero-order valence-electron chi connectivity index (χ0n) is 14.5. The lowest BCUT2D eigenvalue weighted by molar-refractivity contribution is -0.139. The Morgan fingerprint density at radius 3 is 2.54 bits per heavy atom. The number of hydrogen-bond donors (Lipinski definition) is 1. The molecule has 1 aliphatic carbocycles. The lowest BCUT2D eigenvalue weighted by Gasteiger charge is -2.41. The molecule has 2 fully saturated rings. The molecule has 0 radical (unpaired) electrons. The average Bonchev–Trinajstić information content (AvgIpc) is 2.55. The van der Waals surface area contributed by atoms with Crippen LogP contribution in [0, 0.1) is 11.7 Å². The first kappa shape index (κ1) is 17.4. The summed E-state index contributed by atoms with van der Waals surface area (Å²) in [5, 5.41) is 3.51. The molecule has 0 bridgehead atoms. The SMILES string of the molecule is CC(C)[C@H](NC1CC(c2ccccc2F)C1)C(=O)N1CCOCC1. The summed E-state index contributed by atoms with van der Waals surface area (Å²) in [5.41, 5.74) is 0.802. The average molecular weight is 334 g/mol. The fraction of sp³-hybridized carbons (Fsp3) is 0.632. The van der Waals surface area contributed by atoms with Gasteiger partial charge in [-0.3, -0.25) is 4.79 Å². The zero-order valence-corrected chi connectivity index (χ0v) is 14.5. The fourth-order valence-corrected chi connectivity index (χ4v) is 3.60. The Morgan fingerprint density at radius 1 is 1.25 bits per heavy atom. The fourth-order valence-electron chi connectivity index (χ4n) is 3.60. The van der Waals surface area contributed by atoms with E-state index in [1.807, 2.05) is 17.0 Å². The Bertz CT molecular complexity index is 566. The Hall–Kier alpha value is -1.46. The van der Waals surface area contributed by atoms with Gasteiger partial charge < -0.3 is 15.0 Å². The summed E-state index contributed by atoms with van der Waals surface area (Å²) in [6.45, 7) is 6.73. The summed E-state index contributed by atoms with van der Waals surface area (Å²) in [7, 11) is 0. The quantitative estimate of drug-likeness (QED) is 0.900. The van der Waals surface area contributed by atoms with Gasteiger partial charge in [-0.05, 0) is 36.3 Å². The van der Waals surface area contributed by atoms with Gasteiger partial charge in [0.05, 0.1) is 19.3 Å². The van der Waals surface area contributed by atoms with Crippen molar-refractivity contribution < 1.29 is 13.9 Å². The Morgan fingerprint density at radius 2 is 1.92 bits per heavy atom. The maximum atomic E-state index is 13.9. The molecule has 1 saturated heterocycles. The van der Waals surface area contributed by atoms with E-state index in [1.54, 1.807) is 6.07 Å². The first-order valence-corrected chi connectivity index (χ1v) is 8.93. The third kappa shape index (κ3) is 3.78. The maximum Gasteiger partial charge on any atom is 0.240 e. The molecule has 1 atom stereocenters. The lowest BCUT2D eigenvalue weighted by atomic mass is 9.75. The number of halogens is 1. The van der Waals surface area contributed by atoms with Crippen molar-refractivity contribution in [2.24, 2.45) is 5.92 Å². The molecular weight excluding hydrogens is 307 g/mol. The molecule has 3 rings (SSSR count). The second-order valence-corrected chi connectivity index (χ2v) is 7.21. The van der Waals surface area contributed by atoms with Crippen molar-refractivity contribution in [1.82, 2.24) is 10.2 Å². The number of morpholine rings is 1. The molecule has 4 nitrogen and oxygen atoms in total. The van der Waals surface area contributed by atoms with E-state index < -0.39 is 0 Å². The highest BCUT2D eigenvalue weighted by Crippen LogP contribution is 2.38. The minimum atomic E-state index is -0.172. The van der Waals surface area contributed by atoms with Crippen LogP contribution in [0.15, 0.2) is 24.3 Å². The smallest absolute Gasteiger partial charge is 0.240 e. The van der Waals surface area contributed by atoms with Crippen molar-refractivity contribution >= 4 is 5.91 Å². The van der Waals surface area contributed by atoms with Crippen LogP contribution in [-0.4, -0.2) is 49.2 Å². The number of hydrogen-bond acceptors (Lipinski definition) is 3. The number of amides is 1. The predicted octanol–water partition coefficient (Wildman–Crippen LogP) is 2.54. The highest BCUT2D eigenvalue weighted by atomic mass is 19.1. The van der Waals surface area contributed by atoms with E-state index in [0.717, 1.165) is 18.4 Å². The molecule has 5 heteroatoms.